The average molecular weight is 238 g/mol. The molecule has 0 saturated heterocycles. The largest absolute Gasteiger partial charge is 0.396 e. The number of rotatable bonds is 9. The second-order valence-electron chi connectivity index (χ2n) is 3.53. The maximum absolute atomic E-state index is 9.75. The Hall–Kier alpha value is -0.240. The molecule has 0 spiro atoms. The standard InChI is InChI=1S/C10H22O6/c1-14-6-8(13)10(16-3)7(4-11)9(5-12)15-2/h7-13H,4-6H2,1-3H3. The molecule has 16 heavy (non-hydrogen) atoms. The number of methoxy groups -OCH3 is 3. The van der Waals surface area contributed by atoms with E-state index in [1.54, 1.807) is 0 Å². The fourth-order valence-electron chi connectivity index (χ4n) is 1.70. The van der Waals surface area contributed by atoms with E-state index in [1.165, 1.54) is 21.3 Å². The van der Waals surface area contributed by atoms with Crippen LogP contribution in [0.25, 0.3) is 0 Å². The van der Waals surface area contributed by atoms with Crippen molar-refractivity contribution in [1.82, 2.24) is 0 Å². The minimum absolute atomic E-state index is 0.0941. The quantitative estimate of drug-likeness (QED) is 0.459. The Labute approximate surface area is 95.7 Å². The summed E-state index contributed by atoms with van der Waals surface area (Å²) in [6.45, 7) is -0.406. The molecule has 0 aromatic heterocycles. The molecular formula is C10H22O6. The molecule has 0 radical (unpaired) electrons. The Bertz CT molecular complexity index is 161. The third kappa shape index (κ3) is 4.32. The van der Waals surface area contributed by atoms with Gasteiger partial charge in [-0.25, -0.2) is 0 Å². The lowest BCUT2D eigenvalue weighted by Gasteiger charge is -2.32. The topological polar surface area (TPSA) is 88.4 Å². The molecule has 0 aliphatic rings. The summed E-state index contributed by atoms with van der Waals surface area (Å²) in [6.07, 6.45) is -2.11. The predicted octanol–water partition coefficient (Wildman–Crippen LogP) is -1.38. The van der Waals surface area contributed by atoms with E-state index in [0.717, 1.165) is 0 Å². The van der Waals surface area contributed by atoms with E-state index in [1.807, 2.05) is 0 Å². The van der Waals surface area contributed by atoms with Crippen molar-refractivity contribution in [2.75, 3.05) is 41.2 Å². The molecule has 4 atom stereocenters. The SMILES string of the molecule is COCC(O)C(OC)C(CO)C(CO)OC. The molecule has 6 nitrogen and oxygen atoms in total. The third-order valence-corrected chi connectivity index (χ3v) is 2.58. The van der Waals surface area contributed by atoms with E-state index in [9.17, 15) is 10.2 Å². The predicted molar refractivity (Wildman–Crippen MR) is 57.1 cm³/mol. The molecule has 0 amide bonds. The van der Waals surface area contributed by atoms with Gasteiger partial charge in [0.15, 0.2) is 0 Å². The van der Waals surface area contributed by atoms with E-state index in [4.69, 9.17) is 19.3 Å². The summed E-state index contributed by atoms with van der Waals surface area (Å²) < 4.78 is 15.0. The number of aliphatic hydroxyl groups excluding tert-OH is 3. The van der Waals surface area contributed by atoms with Crippen molar-refractivity contribution in [3.63, 3.8) is 0 Å². The maximum atomic E-state index is 9.75. The molecule has 98 valence electrons. The molecule has 0 saturated carbocycles. The van der Waals surface area contributed by atoms with Gasteiger partial charge in [-0.2, -0.15) is 0 Å². The summed E-state index contributed by atoms with van der Waals surface area (Å²) >= 11 is 0. The number of hydrogen-bond acceptors (Lipinski definition) is 6. The first-order valence-corrected chi connectivity index (χ1v) is 5.10. The van der Waals surface area contributed by atoms with Gasteiger partial charge in [-0.05, 0) is 0 Å². The molecule has 0 bridgehead atoms. The molecule has 0 aromatic carbocycles. The van der Waals surface area contributed by atoms with Crippen LogP contribution in [0.2, 0.25) is 0 Å². The van der Waals surface area contributed by atoms with E-state index in [2.05, 4.69) is 0 Å². The summed E-state index contributed by atoms with van der Waals surface area (Å²) in [5, 5.41) is 28.1. The van der Waals surface area contributed by atoms with E-state index < -0.39 is 24.2 Å². The molecular weight excluding hydrogens is 216 g/mol. The zero-order chi connectivity index (χ0) is 12.6. The molecule has 0 rings (SSSR count). The summed E-state index contributed by atoms with van der Waals surface area (Å²) in [7, 11) is 4.32. The van der Waals surface area contributed by atoms with Gasteiger partial charge in [0, 0.05) is 27.2 Å². The first-order chi connectivity index (χ1) is 7.65. The summed E-state index contributed by atoms with van der Waals surface area (Å²) in [6, 6.07) is 0. The first-order valence-electron chi connectivity index (χ1n) is 5.10. The Morgan fingerprint density at radius 1 is 1.00 bits per heavy atom. The van der Waals surface area contributed by atoms with Crippen LogP contribution in [0.1, 0.15) is 0 Å². The minimum Gasteiger partial charge on any atom is -0.396 e. The summed E-state index contributed by atoms with van der Waals surface area (Å²) in [5.74, 6) is -0.509. The van der Waals surface area contributed by atoms with Crippen molar-refractivity contribution < 1.29 is 29.5 Å². The van der Waals surface area contributed by atoms with Crippen LogP contribution in [0.5, 0.6) is 0 Å². The van der Waals surface area contributed by atoms with Gasteiger partial charge in [0.1, 0.15) is 6.10 Å². The van der Waals surface area contributed by atoms with Crippen LogP contribution >= 0.6 is 0 Å². The highest BCUT2D eigenvalue weighted by Gasteiger charge is 2.33. The highest BCUT2D eigenvalue weighted by atomic mass is 16.5. The number of aliphatic hydroxyl groups is 3. The van der Waals surface area contributed by atoms with Crippen LogP contribution in [-0.2, 0) is 14.2 Å². The fraction of sp³-hybridized carbons (Fsp3) is 1.00. The van der Waals surface area contributed by atoms with Gasteiger partial charge < -0.3 is 29.5 Å². The number of ether oxygens (including phenoxy) is 3. The smallest absolute Gasteiger partial charge is 0.104 e. The van der Waals surface area contributed by atoms with Crippen molar-refractivity contribution >= 4 is 0 Å². The third-order valence-electron chi connectivity index (χ3n) is 2.58. The molecule has 0 aromatic rings. The van der Waals surface area contributed by atoms with Crippen LogP contribution in [0.15, 0.2) is 0 Å². The first kappa shape index (κ1) is 15.8. The lowest BCUT2D eigenvalue weighted by molar-refractivity contribution is -0.124. The Morgan fingerprint density at radius 2 is 1.62 bits per heavy atom. The molecule has 0 heterocycles. The molecule has 3 N–H and O–H groups in total. The van der Waals surface area contributed by atoms with Crippen molar-refractivity contribution in [3.8, 4) is 0 Å². The molecule has 4 unspecified atom stereocenters. The second-order valence-corrected chi connectivity index (χ2v) is 3.53. The summed E-state index contributed by atoms with van der Waals surface area (Å²) in [4.78, 5) is 0. The van der Waals surface area contributed by atoms with E-state index in [-0.39, 0.29) is 19.8 Å². The van der Waals surface area contributed by atoms with Crippen molar-refractivity contribution in [2.24, 2.45) is 5.92 Å². The zero-order valence-electron chi connectivity index (χ0n) is 10.00. The van der Waals surface area contributed by atoms with Gasteiger partial charge in [-0.15, -0.1) is 0 Å². The van der Waals surface area contributed by atoms with Crippen LogP contribution in [0, 0.1) is 5.92 Å². The highest BCUT2D eigenvalue weighted by molar-refractivity contribution is 4.82. The second kappa shape index (κ2) is 8.86. The van der Waals surface area contributed by atoms with Crippen molar-refractivity contribution in [1.29, 1.82) is 0 Å². The van der Waals surface area contributed by atoms with Crippen LogP contribution in [-0.4, -0.2) is 74.8 Å². The molecule has 0 fully saturated rings. The highest BCUT2D eigenvalue weighted by Crippen LogP contribution is 2.18. The lowest BCUT2D eigenvalue weighted by atomic mass is 9.93. The van der Waals surface area contributed by atoms with Gasteiger partial charge >= 0.3 is 0 Å². The molecule has 0 aliphatic carbocycles. The Kier molecular flexibility index (Phi) is 8.73. The summed E-state index contributed by atoms with van der Waals surface area (Å²) in [5.41, 5.74) is 0. The monoisotopic (exact) mass is 238 g/mol. The van der Waals surface area contributed by atoms with Gasteiger partial charge in [0.05, 0.1) is 32.0 Å². The van der Waals surface area contributed by atoms with Crippen LogP contribution in [0.4, 0.5) is 0 Å². The minimum atomic E-state index is -0.878. The van der Waals surface area contributed by atoms with E-state index >= 15 is 0 Å². The fourth-order valence-corrected chi connectivity index (χ4v) is 1.70. The van der Waals surface area contributed by atoms with Crippen molar-refractivity contribution in [3.05, 3.63) is 0 Å². The van der Waals surface area contributed by atoms with Crippen LogP contribution < -0.4 is 0 Å². The Balaban J connectivity index is 4.59. The van der Waals surface area contributed by atoms with E-state index in [0.29, 0.717) is 0 Å². The lowest BCUT2D eigenvalue weighted by Crippen LogP contribution is -2.46. The molecule has 0 aliphatic heterocycles. The number of hydrogen-bond donors (Lipinski definition) is 3. The van der Waals surface area contributed by atoms with Gasteiger partial charge in [-0.1, -0.05) is 0 Å². The Morgan fingerprint density at radius 3 is 1.94 bits per heavy atom. The molecule has 6 heteroatoms. The van der Waals surface area contributed by atoms with Crippen molar-refractivity contribution in [2.45, 2.75) is 18.3 Å². The van der Waals surface area contributed by atoms with Gasteiger partial charge in [0.25, 0.3) is 0 Å². The maximum Gasteiger partial charge on any atom is 0.104 e. The van der Waals surface area contributed by atoms with Gasteiger partial charge in [0.2, 0.25) is 0 Å². The average Bonchev–Trinajstić information content (AvgIpc) is 2.29. The van der Waals surface area contributed by atoms with Crippen LogP contribution in [0.3, 0.4) is 0 Å². The zero-order valence-corrected chi connectivity index (χ0v) is 10.00. The van der Waals surface area contributed by atoms with Gasteiger partial charge in [-0.3, -0.25) is 0 Å². The normalized spacial score (nSPS) is 19.1.